The summed E-state index contributed by atoms with van der Waals surface area (Å²) in [4.78, 5) is 39.9. The number of fused-ring (bicyclic) bond motifs is 4. The molecule has 3 aliphatic rings. The smallest absolute Gasteiger partial charge is 0.271 e. The van der Waals surface area contributed by atoms with Crippen LogP contribution < -0.4 is 4.90 Å². The minimum absolute atomic E-state index is 0.0955. The Kier molecular flexibility index (Phi) is 5.83. The predicted octanol–water partition coefficient (Wildman–Crippen LogP) is 4.79. The van der Waals surface area contributed by atoms with Crippen molar-refractivity contribution in [2.45, 2.75) is 51.3 Å². The summed E-state index contributed by atoms with van der Waals surface area (Å²) in [6.07, 6.45) is 2.41. The standard InChI is InChI=1S/C26H28N4O2S/c1-4-16(3)22-24(31)28-23-18-11-7-8-12-19(18)27-26(30(22)23)33-21(5-2)25(32)29-15-14-17-10-6-9-13-20(17)29/h6-13,16,21-22H,4-5,14-15H2,1-3H3. The molecule has 170 valence electrons. The Labute approximate surface area is 198 Å². The predicted molar refractivity (Wildman–Crippen MR) is 134 cm³/mol. The second-order valence-corrected chi connectivity index (χ2v) is 9.94. The molecular weight excluding hydrogens is 432 g/mol. The second kappa shape index (κ2) is 8.78. The van der Waals surface area contributed by atoms with Gasteiger partial charge in [0.15, 0.2) is 5.17 Å². The summed E-state index contributed by atoms with van der Waals surface area (Å²) < 4.78 is 0. The molecule has 3 aliphatic heterocycles. The number of aliphatic imine (C=N–C) groups is 2. The fourth-order valence-electron chi connectivity index (χ4n) is 4.76. The molecule has 0 N–H and O–H groups in total. The zero-order chi connectivity index (χ0) is 23.1. The number of benzene rings is 2. The zero-order valence-corrected chi connectivity index (χ0v) is 20.0. The van der Waals surface area contributed by atoms with Crippen LogP contribution in [0.1, 0.15) is 44.7 Å². The van der Waals surface area contributed by atoms with Crippen LogP contribution in [0.15, 0.2) is 58.5 Å². The molecule has 0 aliphatic carbocycles. The maximum atomic E-state index is 13.6. The molecule has 0 bridgehead atoms. The highest BCUT2D eigenvalue weighted by atomic mass is 32.2. The normalized spacial score (nSPS) is 20.6. The van der Waals surface area contributed by atoms with Gasteiger partial charge >= 0.3 is 0 Å². The molecule has 3 heterocycles. The molecule has 2 aromatic rings. The summed E-state index contributed by atoms with van der Waals surface area (Å²) >= 11 is 1.46. The van der Waals surface area contributed by atoms with E-state index in [4.69, 9.17) is 4.99 Å². The Balaban J connectivity index is 1.49. The Morgan fingerprint density at radius 1 is 1.09 bits per heavy atom. The summed E-state index contributed by atoms with van der Waals surface area (Å²) in [5.41, 5.74) is 3.88. The van der Waals surface area contributed by atoms with Crippen LogP contribution in [0.2, 0.25) is 0 Å². The summed E-state index contributed by atoms with van der Waals surface area (Å²) in [5, 5.41) is 0.394. The van der Waals surface area contributed by atoms with Crippen LogP contribution in [0.25, 0.3) is 0 Å². The van der Waals surface area contributed by atoms with Crippen molar-refractivity contribution >= 4 is 46.0 Å². The first-order valence-electron chi connectivity index (χ1n) is 11.7. The molecule has 5 rings (SSSR count). The molecule has 2 amide bonds. The van der Waals surface area contributed by atoms with Crippen molar-refractivity contribution in [1.82, 2.24) is 4.90 Å². The Morgan fingerprint density at radius 2 is 1.85 bits per heavy atom. The SMILES string of the molecule is CCC(SC1=Nc2ccccc2C2=NC(=O)C(C(C)CC)N12)C(=O)N1CCc2ccccc21. The van der Waals surface area contributed by atoms with Gasteiger partial charge in [-0.2, -0.15) is 4.99 Å². The lowest BCUT2D eigenvalue weighted by atomic mass is 9.97. The summed E-state index contributed by atoms with van der Waals surface area (Å²) in [6.45, 7) is 6.90. The average molecular weight is 461 g/mol. The van der Waals surface area contributed by atoms with Gasteiger partial charge in [0.05, 0.1) is 10.9 Å². The van der Waals surface area contributed by atoms with Crippen LogP contribution in [0.3, 0.4) is 0 Å². The van der Waals surface area contributed by atoms with Crippen LogP contribution in [0.4, 0.5) is 11.4 Å². The van der Waals surface area contributed by atoms with Crippen molar-refractivity contribution in [3.8, 4) is 0 Å². The number of amides is 2. The molecule has 0 aromatic heterocycles. The van der Waals surface area contributed by atoms with Gasteiger partial charge in [0, 0.05) is 17.8 Å². The fraction of sp³-hybridized carbons (Fsp3) is 0.385. The van der Waals surface area contributed by atoms with E-state index in [1.54, 1.807) is 0 Å². The summed E-state index contributed by atoms with van der Waals surface area (Å²) in [5.74, 6) is 0.749. The van der Waals surface area contributed by atoms with Crippen LogP contribution in [0.5, 0.6) is 0 Å². The highest BCUT2D eigenvalue weighted by Gasteiger charge is 2.45. The van der Waals surface area contributed by atoms with Crippen molar-refractivity contribution < 1.29 is 9.59 Å². The quantitative estimate of drug-likeness (QED) is 0.643. The third kappa shape index (κ3) is 3.68. The molecule has 3 unspecified atom stereocenters. The summed E-state index contributed by atoms with van der Waals surface area (Å²) in [7, 11) is 0. The number of nitrogens with zero attached hydrogens (tertiary/aromatic N) is 4. The number of hydrogen-bond acceptors (Lipinski definition) is 5. The fourth-order valence-corrected chi connectivity index (χ4v) is 5.88. The number of rotatable bonds is 5. The maximum Gasteiger partial charge on any atom is 0.271 e. The molecule has 0 saturated carbocycles. The number of thioether (sulfide) groups is 1. The van der Waals surface area contributed by atoms with E-state index < -0.39 is 0 Å². The van der Waals surface area contributed by atoms with Gasteiger partial charge < -0.3 is 4.90 Å². The first kappa shape index (κ1) is 21.9. The maximum absolute atomic E-state index is 13.6. The van der Waals surface area contributed by atoms with E-state index >= 15 is 0 Å². The van der Waals surface area contributed by atoms with E-state index in [1.165, 1.54) is 17.3 Å². The lowest BCUT2D eigenvalue weighted by molar-refractivity contribution is -0.121. The number of anilines is 1. The van der Waals surface area contributed by atoms with E-state index in [0.29, 0.717) is 24.0 Å². The number of para-hydroxylation sites is 2. The molecule has 33 heavy (non-hydrogen) atoms. The third-order valence-corrected chi connectivity index (χ3v) is 8.09. The van der Waals surface area contributed by atoms with Crippen molar-refractivity contribution in [3.05, 3.63) is 59.7 Å². The lowest BCUT2D eigenvalue weighted by Crippen LogP contribution is -2.48. The number of amidine groups is 2. The monoisotopic (exact) mass is 460 g/mol. The highest BCUT2D eigenvalue weighted by molar-refractivity contribution is 8.15. The second-order valence-electron chi connectivity index (χ2n) is 8.77. The first-order valence-corrected chi connectivity index (χ1v) is 12.6. The van der Waals surface area contributed by atoms with Crippen molar-refractivity contribution in [2.75, 3.05) is 11.4 Å². The molecule has 0 spiro atoms. The van der Waals surface area contributed by atoms with Gasteiger partial charge in [-0.3, -0.25) is 14.5 Å². The summed E-state index contributed by atoms with van der Waals surface area (Å²) in [6, 6.07) is 15.5. The van der Waals surface area contributed by atoms with Crippen LogP contribution in [0, 0.1) is 5.92 Å². The van der Waals surface area contributed by atoms with Gasteiger partial charge in [-0.15, -0.1) is 0 Å². The van der Waals surface area contributed by atoms with Crippen LogP contribution in [-0.4, -0.2) is 45.6 Å². The third-order valence-electron chi connectivity index (χ3n) is 6.77. The van der Waals surface area contributed by atoms with Gasteiger partial charge in [0.25, 0.3) is 5.91 Å². The van der Waals surface area contributed by atoms with Gasteiger partial charge in [-0.1, -0.05) is 69.3 Å². The Hall–Kier alpha value is -2.93. The largest absolute Gasteiger partial charge is 0.311 e. The molecular formula is C26H28N4O2S. The van der Waals surface area contributed by atoms with Gasteiger partial charge in [0.1, 0.15) is 11.9 Å². The van der Waals surface area contributed by atoms with E-state index in [-0.39, 0.29) is 29.0 Å². The van der Waals surface area contributed by atoms with E-state index in [0.717, 1.165) is 29.8 Å². The zero-order valence-electron chi connectivity index (χ0n) is 19.2. The number of carbonyl (C=O) groups is 2. The molecule has 0 radical (unpaired) electrons. The lowest BCUT2D eigenvalue weighted by Gasteiger charge is -2.35. The molecule has 0 saturated heterocycles. The van der Waals surface area contributed by atoms with Crippen LogP contribution >= 0.6 is 11.8 Å². The molecule has 7 heteroatoms. The average Bonchev–Trinajstić information content (AvgIpc) is 3.42. The molecule has 3 atom stereocenters. The minimum Gasteiger partial charge on any atom is -0.311 e. The van der Waals surface area contributed by atoms with Crippen molar-refractivity contribution in [2.24, 2.45) is 15.9 Å². The van der Waals surface area contributed by atoms with Gasteiger partial charge in [-0.05, 0) is 42.5 Å². The van der Waals surface area contributed by atoms with Gasteiger partial charge in [-0.25, -0.2) is 4.99 Å². The van der Waals surface area contributed by atoms with Gasteiger partial charge in [0.2, 0.25) is 5.91 Å². The first-order chi connectivity index (χ1) is 16.0. The topological polar surface area (TPSA) is 65.3 Å². The molecule has 2 aromatic carbocycles. The van der Waals surface area contributed by atoms with Crippen molar-refractivity contribution in [1.29, 1.82) is 0 Å². The number of hydrogen-bond donors (Lipinski definition) is 0. The van der Waals surface area contributed by atoms with E-state index in [2.05, 4.69) is 24.9 Å². The minimum atomic E-state index is -0.385. The molecule has 6 nitrogen and oxygen atoms in total. The van der Waals surface area contributed by atoms with E-state index in [1.807, 2.05) is 59.2 Å². The molecule has 0 fully saturated rings. The Morgan fingerprint density at radius 3 is 2.64 bits per heavy atom. The number of carbonyl (C=O) groups excluding carboxylic acids is 2. The van der Waals surface area contributed by atoms with Crippen LogP contribution in [-0.2, 0) is 16.0 Å². The Bertz CT molecular complexity index is 1170. The van der Waals surface area contributed by atoms with Crippen molar-refractivity contribution in [3.63, 3.8) is 0 Å². The highest BCUT2D eigenvalue weighted by Crippen LogP contribution is 2.39. The van der Waals surface area contributed by atoms with E-state index in [9.17, 15) is 9.59 Å².